The number of rotatable bonds is 5. The Morgan fingerprint density at radius 3 is 1.78 bits per heavy atom. The molecule has 0 saturated heterocycles. The molecule has 49 heavy (non-hydrogen) atoms. The van der Waals surface area contributed by atoms with Crippen molar-refractivity contribution in [3.8, 4) is 22.3 Å². The van der Waals surface area contributed by atoms with Gasteiger partial charge in [0, 0.05) is 37.3 Å². The third-order valence-electron chi connectivity index (χ3n) is 9.67. The zero-order valence-corrected chi connectivity index (χ0v) is 27.3. The summed E-state index contributed by atoms with van der Waals surface area (Å²) in [6.45, 7) is 0. The molecule has 10 rings (SSSR count). The van der Waals surface area contributed by atoms with Gasteiger partial charge in [-0.3, -0.25) is 0 Å². The van der Waals surface area contributed by atoms with Gasteiger partial charge in [0.25, 0.3) is 0 Å². The Bertz CT molecular complexity index is 2830. The number of anilines is 3. The molecule has 0 spiro atoms. The van der Waals surface area contributed by atoms with Crippen molar-refractivity contribution >= 4 is 81.3 Å². The molecule has 0 atom stereocenters. The first-order valence-electron chi connectivity index (χ1n) is 16.6. The summed E-state index contributed by atoms with van der Waals surface area (Å²) in [6.07, 6.45) is 0. The van der Waals surface area contributed by atoms with Crippen LogP contribution in [0.4, 0.5) is 17.1 Å². The van der Waals surface area contributed by atoms with E-state index in [0.29, 0.717) is 0 Å². The molecule has 0 bridgehead atoms. The van der Waals surface area contributed by atoms with Gasteiger partial charge in [-0.05, 0) is 64.0 Å². The Morgan fingerprint density at radius 1 is 0.367 bits per heavy atom. The molecule has 8 aromatic carbocycles. The van der Waals surface area contributed by atoms with Crippen LogP contribution in [-0.2, 0) is 0 Å². The van der Waals surface area contributed by atoms with Crippen molar-refractivity contribution in [2.24, 2.45) is 0 Å². The second kappa shape index (κ2) is 11.2. The summed E-state index contributed by atoms with van der Waals surface area (Å²) in [5.74, 6) is 0. The van der Waals surface area contributed by atoms with E-state index >= 15 is 0 Å². The summed E-state index contributed by atoms with van der Waals surface area (Å²) in [5.41, 5.74) is 10.1. The van der Waals surface area contributed by atoms with Crippen molar-refractivity contribution in [2.75, 3.05) is 4.90 Å². The Morgan fingerprint density at radius 2 is 0.980 bits per heavy atom. The van der Waals surface area contributed by atoms with Gasteiger partial charge in [0.1, 0.15) is 11.2 Å². The Kier molecular flexibility index (Phi) is 6.39. The van der Waals surface area contributed by atoms with E-state index in [1.54, 1.807) is 0 Å². The molecule has 0 unspecified atom stereocenters. The lowest BCUT2D eigenvalue weighted by Crippen LogP contribution is -2.10. The van der Waals surface area contributed by atoms with Crippen LogP contribution < -0.4 is 4.90 Å². The summed E-state index contributed by atoms with van der Waals surface area (Å²) in [6, 6.07) is 63.2. The summed E-state index contributed by atoms with van der Waals surface area (Å²) in [4.78, 5) is 2.46. The predicted molar refractivity (Wildman–Crippen MR) is 210 cm³/mol. The van der Waals surface area contributed by atoms with Gasteiger partial charge in [-0.2, -0.15) is 0 Å². The number of para-hydroxylation sites is 1. The van der Waals surface area contributed by atoms with Crippen LogP contribution in [0.2, 0.25) is 0 Å². The number of benzene rings is 8. The third-order valence-corrected chi connectivity index (χ3v) is 11.0. The molecule has 2 nitrogen and oxygen atoms in total. The van der Waals surface area contributed by atoms with Crippen molar-refractivity contribution in [1.29, 1.82) is 0 Å². The van der Waals surface area contributed by atoms with Gasteiger partial charge in [-0.15, -0.1) is 11.3 Å². The largest absolute Gasteiger partial charge is 0.456 e. The lowest BCUT2D eigenvalue weighted by molar-refractivity contribution is 0.669. The lowest BCUT2D eigenvalue weighted by atomic mass is 9.96. The summed E-state index contributed by atoms with van der Waals surface area (Å²) in [7, 11) is 0. The lowest BCUT2D eigenvalue weighted by Gasteiger charge is -2.28. The number of fused-ring (bicyclic) bond motifs is 7. The molecule has 3 heteroatoms. The minimum absolute atomic E-state index is 0.891. The van der Waals surface area contributed by atoms with Crippen LogP contribution >= 0.6 is 11.3 Å². The van der Waals surface area contributed by atoms with Crippen LogP contribution in [0.15, 0.2) is 180 Å². The fraction of sp³-hybridized carbons (Fsp3) is 0. The summed E-state index contributed by atoms with van der Waals surface area (Å²) in [5, 5.41) is 7.20. The minimum Gasteiger partial charge on any atom is -0.456 e. The number of furan rings is 1. The highest BCUT2D eigenvalue weighted by Gasteiger charge is 2.22. The third kappa shape index (κ3) is 4.47. The molecule has 0 amide bonds. The van der Waals surface area contributed by atoms with Crippen LogP contribution in [0, 0.1) is 0 Å². The van der Waals surface area contributed by atoms with Gasteiger partial charge in [0.05, 0.1) is 16.1 Å². The molecular weight excluding hydrogens is 615 g/mol. The van der Waals surface area contributed by atoms with E-state index in [4.69, 9.17) is 4.42 Å². The molecule has 0 N–H and O–H groups in total. The van der Waals surface area contributed by atoms with Crippen molar-refractivity contribution in [1.82, 2.24) is 0 Å². The van der Waals surface area contributed by atoms with Crippen LogP contribution in [0.5, 0.6) is 0 Å². The van der Waals surface area contributed by atoms with Crippen LogP contribution in [0.3, 0.4) is 0 Å². The van der Waals surface area contributed by atoms with Gasteiger partial charge < -0.3 is 9.32 Å². The first-order chi connectivity index (χ1) is 24.3. The molecule has 0 saturated carbocycles. The second-order valence-corrected chi connectivity index (χ2v) is 13.5. The number of hydrogen-bond acceptors (Lipinski definition) is 3. The predicted octanol–water partition coefficient (Wildman–Crippen LogP) is 13.9. The SMILES string of the molecule is c1ccc(-c2ccc(N(c3ccc4oc5ccccc5c4c3)c3cccc4c3sc3c(-c5ccccc5)cccc34)c3ccccc23)cc1. The van der Waals surface area contributed by atoms with Gasteiger partial charge in [0.2, 0.25) is 0 Å². The molecule has 2 heterocycles. The number of hydrogen-bond donors (Lipinski definition) is 0. The fourth-order valence-electron chi connectivity index (χ4n) is 7.44. The standard InChI is InChI=1S/C46H29NOS/c1-3-13-30(14-4-1)33-26-27-41(36-18-8-7-17-35(33)36)47(32-25-28-44-40(29-32)37-19-9-10-24-43(37)48-44)42-23-12-22-39-38-21-11-20-34(45(38)49-46(39)42)31-15-5-2-6-16-31/h1-29H. The van der Waals surface area contributed by atoms with Gasteiger partial charge in [0.15, 0.2) is 0 Å². The van der Waals surface area contributed by atoms with Crippen LogP contribution in [0.25, 0.3) is 75.1 Å². The maximum Gasteiger partial charge on any atom is 0.135 e. The van der Waals surface area contributed by atoms with E-state index in [1.165, 1.54) is 53.2 Å². The molecule has 0 fully saturated rings. The molecule has 0 radical (unpaired) electrons. The van der Waals surface area contributed by atoms with Gasteiger partial charge in [-0.25, -0.2) is 0 Å². The first kappa shape index (κ1) is 27.9. The number of thiophene rings is 1. The quantitative estimate of drug-likeness (QED) is 0.186. The van der Waals surface area contributed by atoms with Crippen molar-refractivity contribution in [2.45, 2.75) is 0 Å². The highest BCUT2D eigenvalue weighted by atomic mass is 32.1. The summed E-state index contributed by atoms with van der Waals surface area (Å²) < 4.78 is 8.84. The maximum absolute atomic E-state index is 6.28. The van der Waals surface area contributed by atoms with Crippen LogP contribution in [0.1, 0.15) is 0 Å². The topological polar surface area (TPSA) is 16.4 Å². The molecule has 10 aromatic rings. The van der Waals surface area contributed by atoms with Gasteiger partial charge >= 0.3 is 0 Å². The summed E-state index contributed by atoms with van der Waals surface area (Å²) >= 11 is 1.88. The zero-order chi connectivity index (χ0) is 32.3. The zero-order valence-electron chi connectivity index (χ0n) is 26.5. The molecule has 0 aliphatic carbocycles. The molecular formula is C46H29NOS. The van der Waals surface area contributed by atoms with E-state index in [9.17, 15) is 0 Å². The van der Waals surface area contributed by atoms with E-state index < -0.39 is 0 Å². The average molecular weight is 644 g/mol. The second-order valence-electron chi connectivity index (χ2n) is 12.5. The molecule has 0 aliphatic rings. The smallest absolute Gasteiger partial charge is 0.135 e. The normalized spacial score (nSPS) is 11.7. The van der Waals surface area contributed by atoms with Crippen molar-refractivity contribution in [3.05, 3.63) is 176 Å². The average Bonchev–Trinajstić information content (AvgIpc) is 3.74. The Balaban J connectivity index is 1.28. The Labute approximate surface area is 287 Å². The Hall–Kier alpha value is -6.16. The number of nitrogens with zero attached hydrogens (tertiary/aromatic N) is 1. The van der Waals surface area contributed by atoms with Crippen molar-refractivity contribution in [3.63, 3.8) is 0 Å². The van der Waals surface area contributed by atoms with Crippen LogP contribution in [-0.4, -0.2) is 0 Å². The van der Waals surface area contributed by atoms with E-state index in [0.717, 1.165) is 39.0 Å². The van der Waals surface area contributed by atoms with E-state index in [1.807, 2.05) is 23.5 Å². The molecule has 2 aromatic heterocycles. The highest BCUT2D eigenvalue weighted by molar-refractivity contribution is 7.27. The maximum atomic E-state index is 6.28. The first-order valence-corrected chi connectivity index (χ1v) is 17.4. The minimum atomic E-state index is 0.891. The highest BCUT2D eigenvalue weighted by Crippen LogP contribution is 2.49. The van der Waals surface area contributed by atoms with E-state index in [2.05, 4.69) is 169 Å². The fourth-order valence-corrected chi connectivity index (χ4v) is 8.77. The van der Waals surface area contributed by atoms with Gasteiger partial charge in [-0.1, -0.05) is 140 Å². The van der Waals surface area contributed by atoms with E-state index in [-0.39, 0.29) is 0 Å². The molecule has 0 aliphatic heterocycles. The monoisotopic (exact) mass is 643 g/mol. The van der Waals surface area contributed by atoms with Crippen molar-refractivity contribution < 1.29 is 4.42 Å². The molecule has 230 valence electrons.